The molecule has 0 amide bonds. The van der Waals surface area contributed by atoms with Gasteiger partial charge in [-0.3, -0.25) is 0 Å². The van der Waals surface area contributed by atoms with E-state index in [9.17, 15) is 0 Å². The van der Waals surface area contributed by atoms with Crippen LogP contribution in [0.1, 0.15) is 31.9 Å². The number of benzene rings is 1. The number of ether oxygens (including phenoxy) is 2. The maximum Gasteiger partial charge on any atom is 0.188 e. The summed E-state index contributed by atoms with van der Waals surface area (Å²) in [5.41, 5.74) is 2.40. The van der Waals surface area contributed by atoms with Gasteiger partial charge in [-0.25, -0.2) is 0 Å². The second-order valence-corrected chi connectivity index (χ2v) is 5.22. The van der Waals surface area contributed by atoms with E-state index < -0.39 is 0 Å². The molecule has 0 aromatic heterocycles. The molecule has 3 nitrogen and oxygen atoms in total. The zero-order chi connectivity index (χ0) is 12.9. The zero-order valence-electron chi connectivity index (χ0n) is 11.5. The summed E-state index contributed by atoms with van der Waals surface area (Å²) in [6.07, 6.45) is 0. The molecular weight excluding hydrogens is 214 g/mol. The highest BCUT2D eigenvalue weighted by Gasteiger charge is 2.12. The lowest BCUT2D eigenvalue weighted by Gasteiger charge is -2.22. The first-order valence-electron chi connectivity index (χ1n) is 5.89. The van der Waals surface area contributed by atoms with E-state index >= 15 is 0 Å². The van der Waals surface area contributed by atoms with E-state index in [1.165, 1.54) is 0 Å². The third-order valence-corrected chi connectivity index (χ3v) is 2.42. The molecule has 0 atom stereocenters. The maximum absolute atomic E-state index is 5.62. The number of para-hydroxylation sites is 1. The predicted octanol–water partition coefficient (Wildman–Crippen LogP) is 2.87. The largest absolute Gasteiger partial charge is 0.467 e. The number of aryl methyl sites for hydroxylation is 1. The van der Waals surface area contributed by atoms with Crippen LogP contribution >= 0.6 is 0 Å². The molecule has 0 bridgehead atoms. The van der Waals surface area contributed by atoms with E-state index in [4.69, 9.17) is 9.47 Å². The summed E-state index contributed by atoms with van der Waals surface area (Å²) < 4.78 is 10.6. The third-order valence-electron chi connectivity index (χ3n) is 2.42. The van der Waals surface area contributed by atoms with E-state index in [0.29, 0.717) is 0 Å². The van der Waals surface area contributed by atoms with E-state index in [-0.39, 0.29) is 12.3 Å². The first kappa shape index (κ1) is 14.0. The van der Waals surface area contributed by atoms with Crippen molar-refractivity contribution < 1.29 is 9.47 Å². The number of hydrogen-bond acceptors (Lipinski definition) is 3. The summed E-state index contributed by atoms with van der Waals surface area (Å²) in [6, 6.07) is 6.18. The number of methoxy groups -OCH3 is 1. The minimum Gasteiger partial charge on any atom is -0.467 e. The summed E-state index contributed by atoms with van der Waals surface area (Å²) in [7, 11) is 1.63. The maximum atomic E-state index is 5.62. The molecule has 0 spiro atoms. The highest BCUT2D eigenvalue weighted by molar-refractivity contribution is 5.40. The Morgan fingerprint density at radius 1 is 1.24 bits per heavy atom. The quantitative estimate of drug-likeness (QED) is 0.799. The molecule has 96 valence electrons. The molecule has 1 N–H and O–H groups in total. The van der Waals surface area contributed by atoms with E-state index in [2.05, 4.69) is 38.2 Å². The van der Waals surface area contributed by atoms with Crippen LogP contribution in [0.4, 0.5) is 0 Å². The Hall–Kier alpha value is -1.06. The van der Waals surface area contributed by atoms with Crippen LogP contribution in [-0.4, -0.2) is 19.4 Å². The minimum absolute atomic E-state index is 0.0995. The molecule has 1 aromatic rings. The van der Waals surface area contributed by atoms with Gasteiger partial charge in [0.25, 0.3) is 0 Å². The van der Waals surface area contributed by atoms with Gasteiger partial charge in [0.15, 0.2) is 6.79 Å². The molecule has 0 aliphatic heterocycles. The fourth-order valence-corrected chi connectivity index (χ4v) is 1.54. The highest BCUT2D eigenvalue weighted by atomic mass is 16.7. The summed E-state index contributed by atoms with van der Waals surface area (Å²) >= 11 is 0. The highest BCUT2D eigenvalue weighted by Crippen LogP contribution is 2.23. The van der Waals surface area contributed by atoms with Crippen LogP contribution < -0.4 is 10.1 Å². The van der Waals surface area contributed by atoms with Crippen molar-refractivity contribution in [1.29, 1.82) is 0 Å². The average Bonchev–Trinajstić information content (AvgIpc) is 2.24. The molecule has 0 aliphatic rings. The Labute approximate surface area is 104 Å². The topological polar surface area (TPSA) is 30.5 Å². The number of rotatable bonds is 5. The standard InChI is InChI=1S/C14H23NO2/c1-11-7-6-8-12(9-15-14(2,3)4)13(11)17-10-16-5/h6-8,15H,9-10H2,1-5H3. The van der Waals surface area contributed by atoms with Crippen LogP contribution in [0, 0.1) is 6.92 Å². The van der Waals surface area contributed by atoms with Gasteiger partial charge in [0.1, 0.15) is 5.75 Å². The van der Waals surface area contributed by atoms with Crippen molar-refractivity contribution in [2.24, 2.45) is 0 Å². The normalized spacial score (nSPS) is 11.6. The second kappa shape index (κ2) is 6.03. The molecular formula is C14H23NO2. The average molecular weight is 237 g/mol. The first-order chi connectivity index (χ1) is 7.94. The Balaban J connectivity index is 2.79. The Morgan fingerprint density at radius 2 is 1.94 bits per heavy atom. The van der Waals surface area contributed by atoms with Gasteiger partial charge in [-0.05, 0) is 33.3 Å². The molecule has 0 heterocycles. The van der Waals surface area contributed by atoms with Crippen LogP contribution in [-0.2, 0) is 11.3 Å². The molecule has 0 unspecified atom stereocenters. The number of nitrogens with one attached hydrogen (secondary N) is 1. The molecule has 0 radical (unpaired) electrons. The molecule has 0 saturated heterocycles. The van der Waals surface area contributed by atoms with Crippen molar-refractivity contribution in [1.82, 2.24) is 5.32 Å². The monoisotopic (exact) mass is 237 g/mol. The van der Waals surface area contributed by atoms with Gasteiger partial charge in [0.05, 0.1) is 0 Å². The van der Waals surface area contributed by atoms with Crippen LogP contribution in [0.5, 0.6) is 5.75 Å². The molecule has 1 rings (SSSR count). The van der Waals surface area contributed by atoms with Crippen molar-refractivity contribution in [3.05, 3.63) is 29.3 Å². The van der Waals surface area contributed by atoms with Gasteiger partial charge in [-0.2, -0.15) is 0 Å². The molecule has 0 fully saturated rings. The molecule has 0 saturated carbocycles. The number of hydrogen-bond donors (Lipinski definition) is 1. The van der Waals surface area contributed by atoms with Gasteiger partial charge in [-0.1, -0.05) is 18.2 Å². The van der Waals surface area contributed by atoms with Crippen LogP contribution in [0.2, 0.25) is 0 Å². The van der Waals surface area contributed by atoms with Crippen molar-refractivity contribution in [2.45, 2.75) is 39.8 Å². The lowest BCUT2D eigenvalue weighted by molar-refractivity contribution is 0.0498. The third kappa shape index (κ3) is 4.75. The predicted molar refractivity (Wildman–Crippen MR) is 70.3 cm³/mol. The SMILES string of the molecule is COCOc1c(C)cccc1CNC(C)(C)C. The van der Waals surface area contributed by atoms with Gasteiger partial charge in [0.2, 0.25) is 0 Å². The molecule has 1 aromatic carbocycles. The summed E-state index contributed by atoms with van der Waals surface area (Å²) in [6.45, 7) is 9.58. The first-order valence-corrected chi connectivity index (χ1v) is 5.89. The van der Waals surface area contributed by atoms with E-state index in [1.54, 1.807) is 7.11 Å². The summed E-state index contributed by atoms with van der Waals surface area (Å²) in [4.78, 5) is 0. The Bertz CT molecular complexity index is 356. The van der Waals surface area contributed by atoms with Gasteiger partial charge >= 0.3 is 0 Å². The smallest absolute Gasteiger partial charge is 0.188 e. The Morgan fingerprint density at radius 3 is 2.53 bits per heavy atom. The fraction of sp³-hybridized carbons (Fsp3) is 0.571. The fourth-order valence-electron chi connectivity index (χ4n) is 1.54. The van der Waals surface area contributed by atoms with Crippen LogP contribution in [0.15, 0.2) is 18.2 Å². The van der Waals surface area contributed by atoms with Gasteiger partial charge in [-0.15, -0.1) is 0 Å². The lowest BCUT2D eigenvalue weighted by atomic mass is 10.1. The minimum atomic E-state index is 0.0995. The van der Waals surface area contributed by atoms with E-state index in [1.807, 2.05) is 13.0 Å². The summed E-state index contributed by atoms with van der Waals surface area (Å²) in [5, 5.41) is 3.46. The zero-order valence-corrected chi connectivity index (χ0v) is 11.5. The van der Waals surface area contributed by atoms with Crippen molar-refractivity contribution in [3.8, 4) is 5.75 Å². The van der Waals surface area contributed by atoms with Gasteiger partial charge < -0.3 is 14.8 Å². The molecule has 3 heteroatoms. The van der Waals surface area contributed by atoms with Crippen molar-refractivity contribution in [3.63, 3.8) is 0 Å². The van der Waals surface area contributed by atoms with Crippen LogP contribution in [0.25, 0.3) is 0 Å². The molecule has 17 heavy (non-hydrogen) atoms. The van der Waals surface area contributed by atoms with E-state index in [0.717, 1.165) is 23.4 Å². The Kier molecular flexibility index (Phi) is 4.97. The van der Waals surface area contributed by atoms with Crippen molar-refractivity contribution in [2.75, 3.05) is 13.9 Å². The summed E-state index contributed by atoms with van der Waals surface area (Å²) in [5.74, 6) is 0.922. The van der Waals surface area contributed by atoms with Crippen molar-refractivity contribution >= 4 is 0 Å². The lowest BCUT2D eigenvalue weighted by Crippen LogP contribution is -2.35. The second-order valence-electron chi connectivity index (χ2n) is 5.22. The van der Waals surface area contributed by atoms with Gasteiger partial charge in [0, 0.05) is 24.8 Å². The molecule has 0 aliphatic carbocycles. The van der Waals surface area contributed by atoms with Crippen LogP contribution in [0.3, 0.4) is 0 Å².